The number of sulfone groups is 1. The third-order valence-electron chi connectivity index (χ3n) is 4.60. The van der Waals surface area contributed by atoms with Gasteiger partial charge in [-0.1, -0.05) is 13.8 Å². The van der Waals surface area contributed by atoms with Gasteiger partial charge < -0.3 is 9.80 Å². The smallest absolute Gasteiger partial charge is 0.227 e. The van der Waals surface area contributed by atoms with Crippen molar-refractivity contribution in [3.63, 3.8) is 0 Å². The zero-order chi connectivity index (χ0) is 15.8. The number of carbonyl (C=O) groups is 1. The van der Waals surface area contributed by atoms with Gasteiger partial charge in [0.2, 0.25) is 5.91 Å². The van der Waals surface area contributed by atoms with Crippen LogP contribution in [0.3, 0.4) is 0 Å². The maximum absolute atomic E-state index is 12.6. The molecule has 1 atom stereocenters. The van der Waals surface area contributed by atoms with E-state index in [1.165, 1.54) is 0 Å². The van der Waals surface area contributed by atoms with Gasteiger partial charge >= 0.3 is 0 Å². The van der Waals surface area contributed by atoms with Gasteiger partial charge in [0, 0.05) is 26.2 Å². The van der Waals surface area contributed by atoms with E-state index in [-0.39, 0.29) is 17.6 Å². The van der Waals surface area contributed by atoms with E-state index in [9.17, 15) is 13.2 Å². The molecule has 2 fully saturated rings. The monoisotopic (exact) mass is 316 g/mol. The highest BCUT2D eigenvalue weighted by Crippen LogP contribution is 2.27. The number of likely N-dealkylation sites (tertiary alicyclic amines) is 1. The largest absolute Gasteiger partial charge is 0.340 e. The Hall–Kier alpha value is -0.620. The van der Waals surface area contributed by atoms with E-state index in [1.807, 2.05) is 0 Å². The zero-order valence-corrected chi connectivity index (χ0v) is 14.4. The van der Waals surface area contributed by atoms with Gasteiger partial charge in [0.1, 0.15) is 0 Å². The highest BCUT2D eigenvalue weighted by Gasteiger charge is 2.43. The number of hydrogen-bond acceptors (Lipinski definition) is 4. The fourth-order valence-corrected chi connectivity index (χ4v) is 4.67. The Labute approximate surface area is 128 Å². The number of hydrogen-bond donors (Lipinski definition) is 0. The number of nitrogens with zero attached hydrogens (tertiary/aromatic N) is 2. The summed E-state index contributed by atoms with van der Waals surface area (Å²) in [4.78, 5) is 16.7. The number of rotatable bonds is 3. The molecule has 0 N–H and O–H groups in total. The van der Waals surface area contributed by atoms with Crippen LogP contribution in [0, 0.1) is 11.8 Å². The molecule has 122 valence electrons. The standard InChI is InChI=1S/C15H28N2O3S/c1-12(2)9-16-6-5-13(10-16)14(18)17-7-8-21(19,20)15(3,4)11-17/h12-13H,5-11H2,1-4H3. The Morgan fingerprint density at radius 3 is 2.52 bits per heavy atom. The van der Waals surface area contributed by atoms with Gasteiger partial charge in [-0.25, -0.2) is 8.42 Å². The summed E-state index contributed by atoms with van der Waals surface area (Å²) in [5.41, 5.74) is 0. The SMILES string of the molecule is CC(C)CN1CCC(C(=O)N2CCS(=O)(=O)C(C)(C)C2)C1. The minimum atomic E-state index is -3.08. The highest BCUT2D eigenvalue weighted by molar-refractivity contribution is 7.92. The summed E-state index contributed by atoms with van der Waals surface area (Å²) in [6, 6.07) is 0. The van der Waals surface area contributed by atoms with E-state index in [2.05, 4.69) is 18.7 Å². The summed E-state index contributed by atoms with van der Waals surface area (Å²) in [5.74, 6) is 0.885. The molecule has 0 spiro atoms. The second-order valence-corrected chi connectivity index (χ2v) is 10.2. The van der Waals surface area contributed by atoms with Gasteiger partial charge in [-0.15, -0.1) is 0 Å². The first kappa shape index (κ1) is 16.7. The predicted molar refractivity (Wildman–Crippen MR) is 83.8 cm³/mol. The summed E-state index contributed by atoms with van der Waals surface area (Å²) < 4.78 is 23.2. The van der Waals surface area contributed by atoms with E-state index in [0.717, 1.165) is 26.1 Å². The normalized spacial score (nSPS) is 29.0. The van der Waals surface area contributed by atoms with Crippen LogP contribution < -0.4 is 0 Å². The Balaban J connectivity index is 1.96. The van der Waals surface area contributed by atoms with Crippen LogP contribution in [0.2, 0.25) is 0 Å². The molecule has 1 unspecified atom stereocenters. The van der Waals surface area contributed by atoms with Crippen molar-refractivity contribution in [3.8, 4) is 0 Å². The molecule has 5 nitrogen and oxygen atoms in total. The lowest BCUT2D eigenvalue weighted by Gasteiger charge is -2.38. The average Bonchev–Trinajstić information content (AvgIpc) is 2.79. The Morgan fingerprint density at radius 2 is 1.95 bits per heavy atom. The third-order valence-corrected chi connectivity index (χ3v) is 7.13. The van der Waals surface area contributed by atoms with Crippen LogP contribution in [0.4, 0.5) is 0 Å². The van der Waals surface area contributed by atoms with Gasteiger partial charge in [0.25, 0.3) is 0 Å². The minimum absolute atomic E-state index is 0.0420. The highest BCUT2D eigenvalue weighted by atomic mass is 32.2. The van der Waals surface area contributed by atoms with Crippen LogP contribution in [-0.4, -0.2) is 67.3 Å². The lowest BCUT2D eigenvalue weighted by molar-refractivity contribution is -0.135. The second-order valence-electron chi connectivity index (χ2n) is 7.48. The molecule has 2 aliphatic heterocycles. The van der Waals surface area contributed by atoms with Crippen molar-refractivity contribution >= 4 is 15.7 Å². The van der Waals surface area contributed by atoms with Gasteiger partial charge in [0.05, 0.1) is 16.4 Å². The molecular formula is C15H28N2O3S. The second kappa shape index (κ2) is 5.88. The first-order valence-electron chi connectivity index (χ1n) is 7.86. The molecule has 0 aromatic rings. The minimum Gasteiger partial charge on any atom is -0.340 e. The molecule has 0 aromatic heterocycles. The molecule has 2 aliphatic rings. The van der Waals surface area contributed by atoms with Crippen LogP contribution >= 0.6 is 0 Å². The van der Waals surface area contributed by atoms with E-state index in [0.29, 0.717) is 19.0 Å². The van der Waals surface area contributed by atoms with E-state index >= 15 is 0 Å². The zero-order valence-electron chi connectivity index (χ0n) is 13.6. The fourth-order valence-electron chi connectivity index (χ4n) is 3.31. The number of amides is 1. The Bertz CT molecular complexity index is 499. The first-order valence-corrected chi connectivity index (χ1v) is 9.51. The van der Waals surface area contributed by atoms with Crippen molar-refractivity contribution in [2.45, 2.75) is 38.9 Å². The van der Waals surface area contributed by atoms with Crippen molar-refractivity contribution in [1.29, 1.82) is 0 Å². The van der Waals surface area contributed by atoms with Crippen molar-refractivity contribution < 1.29 is 13.2 Å². The lowest BCUT2D eigenvalue weighted by Crippen LogP contribution is -2.55. The summed E-state index contributed by atoms with van der Waals surface area (Å²) in [6.07, 6.45) is 0.898. The van der Waals surface area contributed by atoms with Crippen molar-refractivity contribution in [2.75, 3.05) is 38.5 Å². The van der Waals surface area contributed by atoms with Gasteiger partial charge in [0.15, 0.2) is 9.84 Å². The molecule has 2 rings (SSSR count). The van der Waals surface area contributed by atoms with Crippen LogP contribution in [0.1, 0.15) is 34.1 Å². The van der Waals surface area contributed by atoms with Gasteiger partial charge in [-0.05, 0) is 32.7 Å². The molecule has 2 saturated heterocycles. The average molecular weight is 316 g/mol. The maximum Gasteiger partial charge on any atom is 0.227 e. The van der Waals surface area contributed by atoms with Crippen molar-refractivity contribution in [1.82, 2.24) is 9.80 Å². The van der Waals surface area contributed by atoms with Crippen molar-refractivity contribution in [3.05, 3.63) is 0 Å². The molecule has 0 saturated carbocycles. The Kier molecular flexibility index (Phi) is 4.69. The molecule has 0 aliphatic carbocycles. The topological polar surface area (TPSA) is 57.7 Å². The van der Waals surface area contributed by atoms with Crippen LogP contribution in [0.5, 0.6) is 0 Å². The van der Waals surface area contributed by atoms with Gasteiger partial charge in [-0.3, -0.25) is 4.79 Å². The molecule has 0 aromatic carbocycles. The molecular weight excluding hydrogens is 288 g/mol. The quantitative estimate of drug-likeness (QED) is 0.779. The molecule has 21 heavy (non-hydrogen) atoms. The Morgan fingerprint density at radius 1 is 1.29 bits per heavy atom. The summed E-state index contributed by atoms with van der Waals surface area (Å²) in [5, 5.41) is 0. The first-order chi connectivity index (χ1) is 9.62. The molecule has 1 amide bonds. The van der Waals surface area contributed by atoms with Crippen molar-refractivity contribution in [2.24, 2.45) is 11.8 Å². The maximum atomic E-state index is 12.6. The van der Waals surface area contributed by atoms with Crippen LogP contribution in [-0.2, 0) is 14.6 Å². The van der Waals surface area contributed by atoms with E-state index in [1.54, 1.807) is 18.7 Å². The van der Waals surface area contributed by atoms with Gasteiger partial charge in [-0.2, -0.15) is 0 Å². The summed E-state index contributed by atoms with van der Waals surface area (Å²) in [6.45, 7) is 11.3. The third kappa shape index (κ3) is 3.59. The van der Waals surface area contributed by atoms with Crippen LogP contribution in [0.15, 0.2) is 0 Å². The molecule has 6 heteroatoms. The number of carbonyl (C=O) groups excluding carboxylic acids is 1. The fraction of sp³-hybridized carbons (Fsp3) is 0.933. The van der Waals surface area contributed by atoms with E-state index < -0.39 is 14.6 Å². The predicted octanol–water partition coefficient (Wildman–Crippen LogP) is 1.000. The molecule has 0 bridgehead atoms. The molecule has 0 radical (unpaired) electrons. The summed E-state index contributed by atoms with van der Waals surface area (Å²) in [7, 11) is -3.08. The molecule has 2 heterocycles. The lowest BCUT2D eigenvalue weighted by atomic mass is 10.1. The van der Waals surface area contributed by atoms with Crippen LogP contribution in [0.25, 0.3) is 0 Å². The van der Waals surface area contributed by atoms with E-state index in [4.69, 9.17) is 0 Å². The summed E-state index contributed by atoms with van der Waals surface area (Å²) >= 11 is 0.